The molecule has 12 saturated carbocycles. The van der Waals surface area contributed by atoms with Gasteiger partial charge < -0.3 is 14.6 Å². The van der Waals surface area contributed by atoms with Gasteiger partial charge in [-0.1, -0.05) is 33.3 Å². The lowest BCUT2D eigenvalue weighted by atomic mass is 9.39. The highest BCUT2D eigenvalue weighted by atomic mass is 16.5. The smallest absolute Gasteiger partial charge is 0.116 e. The predicted octanol–water partition coefficient (Wildman–Crippen LogP) is 7.14. The molecular weight excluding hydrogens is 604 g/mol. The molecule has 49 heavy (non-hydrogen) atoms. The van der Waals surface area contributed by atoms with Crippen LogP contribution >= 0.6 is 0 Å². The minimum Gasteiger partial charge on any atom is -0.388 e. The zero-order chi connectivity index (χ0) is 32.5. The summed E-state index contributed by atoms with van der Waals surface area (Å²) in [5.41, 5.74) is 3.82. The van der Waals surface area contributed by atoms with Gasteiger partial charge in [-0.2, -0.15) is 0 Å². The van der Waals surface area contributed by atoms with E-state index in [9.17, 15) is 5.11 Å². The molecule has 0 amide bonds. The largest absolute Gasteiger partial charge is 0.388 e. The number of nitrogens with zero attached hydrogens (tertiary/aromatic N) is 2. The van der Waals surface area contributed by atoms with Crippen LogP contribution in [-0.2, 0) is 9.47 Å². The van der Waals surface area contributed by atoms with Gasteiger partial charge in [-0.15, -0.1) is 0 Å². The molecule has 14 bridgehead atoms. The van der Waals surface area contributed by atoms with Gasteiger partial charge in [0.15, 0.2) is 0 Å². The summed E-state index contributed by atoms with van der Waals surface area (Å²) in [6.07, 6.45) is 21.5. The zero-order valence-corrected chi connectivity index (χ0v) is 30.7. The fraction of sp³-hybridized carbons (Fsp3) is 0.955. The van der Waals surface area contributed by atoms with Crippen molar-refractivity contribution in [3.05, 3.63) is 12.2 Å². The lowest BCUT2D eigenvalue weighted by molar-refractivity contribution is -0.230. The Morgan fingerprint density at radius 3 is 2.59 bits per heavy atom. The maximum atomic E-state index is 11.9. The van der Waals surface area contributed by atoms with E-state index in [4.69, 9.17) is 9.47 Å². The number of aliphatic hydroxyl groups excluding tert-OH is 1. The highest BCUT2D eigenvalue weighted by Crippen LogP contribution is 2.86. The minimum atomic E-state index is -0.247. The predicted molar refractivity (Wildman–Crippen MR) is 188 cm³/mol. The molecule has 12 aliphatic carbocycles. The van der Waals surface area contributed by atoms with Crippen LogP contribution in [0.5, 0.6) is 0 Å². The van der Waals surface area contributed by atoms with Crippen molar-refractivity contribution >= 4 is 0 Å². The van der Waals surface area contributed by atoms with Crippen molar-refractivity contribution in [2.45, 2.75) is 135 Å². The first-order valence-electron chi connectivity index (χ1n) is 21.8. The molecule has 0 aromatic carbocycles. The molecule has 15 rings (SSSR count). The van der Waals surface area contributed by atoms with Gasteiger partial charge in [0.1, 0.15) is 6.23 Å². The molecule has 5 heteroatoms. The molecule has 0 aromatic rings. The lowest BCUT2D eigenvalue weighted by Crippen LogP contribution is -2.67. The van der Waals surface area contributed by atoms with Gasteiger partial charge in [-0.25, -0.2) is 0 Å². The molecule has 4 spiro atoms. The van der Waals surface area contributed by atoms with E-state index in [2.05, 4.69) is 30.2 Å². The molecule has 3 saturated heterocycles. The summed E-state index contributed by atoms with van der Waals surface area (Å²) >= 11 is 0. The Kier molecular flexibility index (Phi) is 5.54. The van der Waals surface area contributed by atoms with Crippen LogP contribution in [0.2, 0.25) is 0 Å². The van der Waals surface area contributed by atoms with Crippen molar-refractivity contribution in [2.24, 2.45) is 85.8 Å². The first-order valence-corrected chi connectivity index (χ1v) is 21.8. The van der Waals surface area contributed by atoms with E-state index < -0.39 is 0 Å². The normalized spacial score (nSPS) is 65.6. The van der Waals surface area contributed by atoms with Crippen LogP contribution in [-0.4, -0.2) is 78.8 Å². The summed E-state index contributed by atoms with van der Waals surface area (Å²) in [6, 6.07) is 1.50. The number of ether oxygens (including phenoxy) is 2. The quantitative estimate of drug-likeness (QED) is 0.250. The standard InChI is InChI=1S/C44H64N2O3/c1-25-26-7-13-42(37(25)47)30-21-31-39(2)8-4-10-43(31,34(42)18-26)35(30)45(24-39)14-16-48-23-28-22-41-12-6-27(28)19-33(41)44-11-5-9-40(3)32(44)20-29(41)36(44)46-15-17-49-38(40)46/h26-38,47H,1,4-24H2,2-3H3/t26-,27?,28?,29?,30-,31+,32-,33-,34-,35-,36?,37-,38-,39?,40+,41?,42?,43?,44?/m1/s1. The molecule has 0 aromatic heterocycles. The maximum Gasteiger partial charge on any atom is 0.116 e. The number of fused-ring (bicyclic) bond motifs is 6. The maximum absolute atomic E-state index is 11.9. The second kappa shape index (κ2) is 9.07. The molecule has 1 N–H and O–H groups in total. The second-order valence-corrected chi connectivity index (χ2v) is 22.2. The fourth-order valence-electron chi connectivity index (χ4n) is 21.2. The van der Waals surface area contributed by atoms with E-state index in [1.54, 1.807) is 0 Å². The molecule has 5 nitrogen and oxygen atoms in total. The van der Waals surface area contributed by atoms with E-state index in [0.717, 1.165) is 73.8 Å². The van der Waals surface area contributed by atoms with Gasteiger partial charge in [-0.3, -0.25) is 9.80 Å². The van der Waals surface area contributed by atoms with Crippen molar-refractivity contribution in [2.75, 3.05) is 39.5 Å². The molecular formula is C44H64N2O3. The van der Waals surface area contributed by atoms with E-state index in [1.807, 2.05) is 0 Å². The Morgan fingerprint density at radius 1 is 0.857 bits per heavy atom. The number of rotatable bonds is 5. The Balaban J connectivity index is 0.746. The van der Waals surface area contributed by atoms with Crippen LogP contribution in [0.1, 0.15) is 110 Å². The summed E-state index contributed by atoms with van der Waals surface area (Å²) < 4.78 is 13.6. The van der Waals surface area contributed by atoms with Crippen LogP contribution in [0, 0.1) is 85.8 Å². The van der Waals surface area contributed by atoms with Crippen molar-refractivity contribution in [1.82, 2.24) is 9.80 Å². The summed E-state index contributed by atoms with van der Waals surface area (Å²) in [7, 11) is 0. The topological polar surface area (TPSA) is 45.2 Å². The van der Waals surface area contributed by atoms with E-state index >= 15 is 0 Å². The molecule has 19 atom stereocenters. The Bertz CT molecular complexity index is 1520. The molecule has 0 radical (unpaired) electrons. The van der Waals surface area contributed by atoms with E-state index in [-0.39, 0.29) is 11.5 Å². The van der Waals surface area contributed by atoms with Crippen LogP contribution in [0.15, 0.2) is 12.2 Å². The Labute approximate surface area is 295 Å². The zero-order valence-electron chi connectivity index (χ0n) is 30.7. The first-order chi connectivity index (χ1) is 23.7. The van der Waals surface area contributed by atoms with Crippen molar-refractivity contribution in [1.29, 1.82) is 0 Å². The monoisotopic (exact) mass is 668 g/mol. The van der Waals surface area contributed by atoms with Gasteiger partial charge in [0.2, 0.25) is 0 Å². The third-order valence-corrected chi connectivity index (χ3v) is 21.8. The van der Waals surface area contributed by atoms with Gasteiger partial charge in [-0.05, 0) is 164 Å². The van der Waals surface area contributed by atoms with Crippen LogP contribution in [0.4, 0.5) is 0 Å². The number of hydrogen-bond acceptors (Lipinski definition) is 5. The van der Waals surface area contributed by atoms with Gasteiger partial charge in [0, 0.05) is 49.2 Å². The number of aliphatic hydroxyl groups is 1. The number of hydrogen-bond donors (Lipinski definition) is 1. The van der Waals surface area contributed by atoms with Gasteiger partial charge >= 0.3 is 0 Å². The Hall–Kier alpha value is -0.460. The van der Waals surface area contributed by atoms with Crippen molar-refractivity contribution in [3.63, 3.8) is 0 Å². The second-order valence-electron chi connectivity index (χ2n) is 22.2. The SMILES string of the molecule is C=C1[C@@H]2CCC3([C@@H](C2)C24CCCC5(C)CN(CCOCC6CC78CCC6C[C@H]7C67CCC[C@]9(C)[C@H]%10OCCN%10C6C8C[C@@H]79)[C@@H]2[C@H]3C[C@@H]54)[C@@H]1O. The average molecular weight is 669 g/mol. The molecule has 9 unspecified atom stereocenters. The summed E-state index contributed by atoms with van der Waals surface area (Å²) in [5, 5.41) is 11.9. The third kappa shape index (κ3) is 2.96. The molecule has 3 heterocycles. The third-order valence-electron chi connectivity index (χ3n) is 21.8. The first kappa shape index (κ1) is 29.9. The summed E-state index contributed by atoms with van der Waals surface area (Å²) in [5.74, 6) is 7.34. The van der Waals surface area contributed by atoms with Gasteiger partial charge in [0.25, 0.3) is 0 Å². The van der Waals surface area contributed by atoms with Crippen molar-refractivity contribution < 1.29 is 14.6 Å². The van der Waals surface area contributed by atoms with E-state index in [1.165, 1.54) is 115 Å². The highest BCUT2D eigenvalue weighted by molar-refractivity contribution is 5.37. The Morgan fingerprint density at radius 2 is 1.69 bits per heavy atom. The van der Waals surface area contributed by atoms with Crippen LogP contribution in [0.3, 0.4) is 0 Å². The number of piperidine rings is 2. The van der Waals surface area contributed by atoms with E-state index in [0.29, 0.717) is 51.2 Å². The van der Waals surface area contributed by atoms with Crippen LogP contribution in [0.25, 0.3) is 0 Å². The number of likely N-dealkylation sites (tertiary alicyclic amines) is 1. The molecule has 15 aliphatic rings. The molecule has 15 fully saturated rings. The highest BCUT2D eigenvalue weighted by Gasteiger charge is 2.84. The minimum absolute atomic E-state index is 0.126. The van der Waals surface area contributed by atoms with Crippen LogP contribution < -0.4 is 0 Å². The molecule has 3 aliphatic heterocycles. The van der Waals surface area contributed by atoms with Gasteiger partial charge in [0.05, 0.1) is 19.3 Å². The average Bonchev–Trinajstić information content (AvgIpc) is 3.87. The summed E-state index contributed by atoms with van der Waals surface area (Å²) in [6.45, 7) is 16.3. The fourth-order valence-corrected chi connectivity index (χ4v) is 21.2. The molecule has 268 valence electrons. The van der Waals surface area contributed by atoms with Crippen molar-refractivity contribution in [3.8, 4) is 0 Å². The summed E-state index contributed by atoms with van der Waals surface area (Å²) in [4.78, 5) is 5.97. The lowest BCUT2D eigenvalue weighted by Gasteiger charge is -2.67.